The fourth-order valence-electron chi connectivity index (χ4n) is 4.86. The van der Waals surface area contributed by atoms with Crippen LogP contribution in [0.2, 0.25) is 0 Å². The minimum Gasteiger partial charge on any atom is -0.495 e. The number of anilines is 2. The molecule has 1 amide bonds. The molecule has 2 aromatic carbocycles. The molecule has 0 spiro atoms. The van der Waals surface area contributed by atoms with Gasteiger partial charge >= 0.3 is 0 Å². The van der Waals surface area contributed by atoms with E-state index in [0.29, 0.717) is 59.2 Å². The van der Waals surface area contributed by atoms with E-state index in [9.17, 15) is 4.79 Å². The van der Waals surface area contributed by atoms with Gasteiger partial charge in [0.1, 0.15) is 23.0 Å². The van der Waals surface area contributed by atoms with Gasteiger partial charge in [-0.3, -0.25) is 4.79 Å². The van der Waals surface area contributed by atoms with Crippen molar-refractivity contribution in [2.45, 2.75) is 25.9 Å². The van der Waals surface area contributed by atoms with E-state index < -0.39 is 0 Å². The number of hydrogen-bond acceptors (Lipinski definition) is 10. The lowest BCUT2D eigenvalue weighted by Crippen LogP contribution is -2.26. The Morgan fingerprint density at radius 1 is 1.15 bits per heavy atom. The van der Waals surface area contributed by atoms with Crippen LogP contribution in [0.15, 0.2) is 47.0 Å². The average Bonchev–Trinajstić information content (AvgIpc) is 3.59. The first-order chi connectivity index (χ1) is 20.0. The summed E-state index contributed by atoms with van der Waals surface area (Å²) in [5.74, 6) is 1.46. The van der Waals surface area contributed by atoms with Crippen molar-refractivity contribution in [2.24, 2.45) is 0 Å². The predicted molar refractivity (Wildman–Crippen MR) is 152 cm³/mol. The first-order valence-electron chi connectivity index (χ1n) is 13.4. The summed E-state index contributed by atoms with van der Waals surface area (Å²) >= 11 is 0. The summed E-state index contributed by atoms with van der Waals surface area (Å²) in [6.45, 7) is 3.09. The number of methoxy groups -OCH3 is 1. The Kier molecular flexibility index (Phi) is 7.40. The molecule has 41 heavy (non-hydrogen) atoms. The van der Waals surface area contributed by atoms with Crippen LogP contribution < -0.4 is 20.1 Å². The molecule has 0 bridgehead atoms. The van der Waals surface area contributed by atoms with Gasteiger partial charge in [0.2, 0.25) is 11.8 Å². The van der Waals surface area contributed by atoms with Gasteiger partial charge in [0.05, 0.1) is 38.0 Å². The summed E-state index contributed by atoms with van der Waals surface area (Å²) in [5, 5.41) is 15.6. The number of hydrogen-bond donors (Lipinski definition) is 4. The minimum absolute atomic E-state index is 0.0527. The second kappa shape index (κ2) is 11.4. The third kappa shape index (κ3) is 5.52. The van der Waals surface area contributed by atoms with Crippen molar-refractivity contribution in [2.75, 3.05) is 38.8 Å². The van der Waals surface area contributed by atoms with Crippen LogP contribution >= 0.6 is 0 Å². The molecule has 0 radical (unpaired) electrons. The molecule has 5 aromatic rings. The highest BCUT2D eigenvalue weighted by atomic mass is 16.5. The maximum Gasteiger partial charge on any atom is 0.251 e. The lowest BCUT2D eigenvalue weighted by molar-refractivity contribution is 0.0244. The molecule has 4 heterocycles. The van der Waals surface area contributed by atoms with Crippen LogP contribution in [0, 0.1) is 6.92 Å². The van der Waals surface area contributed by atoms with Gasteiger partial charge in [-0.05, 0) is 35.9 Å². The maximum atomic E-state index is 12.4. The third-order valence-corrected chi connectivity index (χ3v) is 6.86. The molecular formula is C29H30N6O6. The lowest BCUT2D eigenvalue weighted by atomic mass is 10.1. The quantitative estimate of drug-likeness (QED) is 0.208. The smallest absolute Gasteiger partial charge is 0.251 e. The summed E-state index contributed by atoms with van der Waals surface area (Å²) in [4.78, 5) is 29.5. The van der Waals surface area contributed by atoms with Crippen molar-refractivity contribution in [3.8, 4) is 22.8 Å². The van der Waals surface area contributed by atoms with Crippen LogP contribution in [-0.2, 0) is 4.74 Å². The molecule has 1 aliphatic heterocycles. The predicted octanol–water partition coefficient (Wildman–Crippen LogP) is 4.11. The number of carbonyl (C=O) groups is 1. The summed E-state index contributed by atoms with van der Waals surface area (Å²) in [6, 6.07) is 10.8. The number of aryl methyl sites for hydroxylation is 1. The molecule has 0 unspecified atom stereocenters. The van der Waals surface area contributed by atoms with E-state index in [4.69, 9.17) is 33.7 Å². The van der Waals surface area contributed by atoms with Gasteiger partial charge in [0, 0.05) is 43.6 Å². The summed E-state index contributed by atoms with van der Waals surface area (Å²) in [5.41, 5.74) is 4.83. The van der Waals surface area contributed by atoms with Crippen molar-refractivity contribution in [1.82, 2.24) is 25.3 Å². The van der Waals surface area contributed by atoms with Crippen LogP contribution in [0.4, 0.5) is 11.6 Å². The van der Waals surface area contributed by atoms with E-state index >= 15 is 0 Å². The Bertz CT molecular complexity index is 1710. The standard InChI is InChI=1S/C29H30N6O6/c1-16-32-22-5-3-17(13-24(22)40-16)20-15-31-26-25(20)28(41-19-7-11-39-12-8-19)35-29(34-26)33-21-6-4-18(14-23(21)38-2)27(37)30-9-10-36/h3-6,13-15,19,36H,7-12H2,1-2H3,(H,30,37)(H2,31,33,34,35). The molecule has 1 aliphatic rings. The van der Waals surface area contributed by atoms with Gasteiger partial charge in [0.25, 0.3) is 5.91 Å². The Hall–Kier alpha value is -4.68. The fourth-order valence-corrected chi connectivity index (χ4v) is 4.86. The number of rotatable bonds is 9. The van der Waals surface area contributed by atoms with Gasteiger partial charge in [-0.25, -0.2) is 4.98 Å². The van der Waals surface area contributed by atoms with Crippen molar-refractivity contribution < 1.29 is 28.5 Å². The number of fused-ring (bicyclic) bond motifs is 2. The van der Waals surface area contributed by atoms with Crippen LogP contribution in [0.25, 0.3) is 33.3 Å². The molecule has 212 valence electrons. The van der Waals surface area contributed by atoms with Gasteiger partial charge in [0.15, 0.2) is 11.5 Å². The highest BCUT2D eigenvalue weighted by Gasteiger charge is 2.23. The fraction of sp³-hybridized carbons (Fsp3) is 0.310. The number of nitrogens with one attached hydrogen (secondary N) is 3. The zero-order valence-corrected chi connectivity index (χ0v) is 22.7. The number of aliphatic hydroxyl groups excluding tert-OH is 1. The topological polar surface area (TPSA) is 157 Å². The van der Waals surface area contributed by atoms with Crippen LogP contribution in [-0.4, -0.2) is 70.5 Å². The Balaban J connectivity index is 1.38. The molecule has 12 nitrogen and oxygen atoms in total. The molecular weight excluding hydrogens is 528 g/mol. The molecule has 1 fully saturated rings. The van der Waals surface area contributed by atoms with E-state index in [-0.39, 0.29) is 25.2 Å². The zero-order valence-electron chi connectivity index (χ0n) is 22.7. The number of aromatic amines is 1. The average molecular weight is 559 g/mol. The van der Waals surface area contributed by atoms with Crippen LogP contribution in [0.1, 0.15) is 29.1 Å². The summed E-state index contributed by atoms with van der Waals surface area (Å²) in [6.07, 6.45) is 3.34. The summed E-state index contributed by atoms with van der Waals surface area (Å²) in [7, 11) is 1.52. The number of aromatic nitrogens is 4. The lowest BCUT2D eigenvalue weighted by Gasteiger charge is -2.23. The van der Waals surface area contributed by atoms with Crippen molar-refractivity contribution in [3.63, 3.8) is 0 Å². The monoisotopic (exact) mass is 558 g/mol. The molecule has 3 aromatic heterocycles. The van der Waals surface area contributed by atoms with Gasteiger partial charge < -0.3 is 39.4 Å². The van der Waals surface area contributed by atoms with Crippen LogP contribution in [0.3, 0.4) is 0 Å². The van der Waals surface area contributed by atoms with Crippen molar-refractivity contribution >= 4 is 39.7 Å². The Labute approximate surface area is 235 Å². The van der Waals surface area contributed by atoms with Crippen molar-refractivity contribution in [3.05, 3.63) is 54.0 Å². The largest absolute Gasteiger partial charge is 0.495 e. The molecule has 6 rings (SSSR count). The van der Waals surface area contributed by atoms with E-state index in [2.05, 4.69) is 20.6 Å². The minimum atomic E-state index is -0.314. The van der Waals surface area contributed by atoms with Gasteiger partial charge in [-0.1, -0.05) is 6.07 Å². The number of H-pyrrole nitrogens is 1. The molecule has 0 aliphatic carbocycles. The highest BCUT2D eigenvalue weighted by Crippen LogP contribution is 2.37. The zero-order chi connectivity index (χ0) is 28.3. The van der Waals surface area contributed by atoms with Crippen molar-refractivity contribution in [1.29, 1.82) is 0 Å². The molecule has 0 atom stereocenters. The van der Waals surface area contributed by atoms with Crippen LogP contribution in [0.5, 0.6) is 11.6 Å². The SMILES string of the molecule is COc1cc(C(=O)NCCO)ccc1Nc1nc(OC2CCOCC2)c2c(-c3ccc4nc(C)oc4c3)c[nH]c2n1. The maximum absolute atomic E-state index is 12.4. The first-order valence-corrected chi connectivity index (χ1v) is 13.4. The van der Waals surface area contributed by atoms with E-state index in [1.165, 1.54) is 7.11 Å². The molecule has 1 saturated heterocycles. The Morgan fingerprint density at radius 2 is 2.00 bits per heavy atom. The number of oxazole rings is 1. The third-order valence-electron chi connectivity index (χ3n) is 6.86. The number of benzene rings is 2. The summed E-state index contributed by atoms with van der Waals surface area (Å²) < 4.78 is 23.3. The molecule has 12 heteroatoms. The van der Waals surface area contributed by atoms with E-state index in [1.54, 1.807) is 18.2 Å². The van der Waals surface area contributed by atoms with Gasteiger partial charge in [-0.2, -0.15) is 9.97 Å². The number of ether oxygens (including phenoxy) is 3. The van der Waals surface area contributed by atoms with Gasteiger partial charge in [-0.15, -0.1) is 0 Å². The van der Waals surface area contributed by atoms with E-state index in [1.807, 2.05) is 31.3 Å². The normalized spacial score (nSPS) is 13.9. The second-order valence-corrected chi connectivity index (χ2v) is 9.64. The highest BCUT2D eigenvalue weighted by molar-refractivity contribution is 5.99. The number of carbonyl (C=O) groups excluding carboxylic acids is 1. The molecule has 0 saturated carbocycles. The number of nitrogens with zero attached hydrogens (tertiary/aromatic N) is 3. The number of aliphatic hydroxyl groups is 1. The van der Waals surface area contributed by atoms with E-state index in [0.717, 1.165) is 34.9 Å². The first kappa shape index (κ1) is 26.5. The second-order valence-electron chi connectivity index (χ2n) is 9.64. The Morgan fingerprint density at radius 3 is 2.80 bits per heavy atom. The number of amides is 1. The molecule has 4 N–H and O–H groups in total.